The smallest absolute Gasteiger partial charge is 0.262 e. The van der Waals surface area contributed by atoms with E-state index in [1.807, 2.05) is 0 Å². The van der Waals surface area contributed by atoms with Crippen LogP contribution >= 0.6 is 0 Å². The number of nitrogen functional groups attached to an aromatic ring is 1. The summed E-state index contributed by atoms with van der Waals surface area (Å²) in [6, 6.07) is 3.27. The number of sulfonamides is 1. The van der Waals surface area contributed by atoms with E-state index in [1.165, 1.54) is 29.8 Å². The molecule has 3 atom stereocenters. The Balaban J connectivity index is 1.78. The van der Waals surface area contributed by atoms with E-state index in [-0.39, 0.29) is 5.03 Å². The third-order valence-electron chi connectivity index (χ3n) is 4.96. The highest BCUT2D eigenvalue weighted by molar-refractivity contribution is 7.89. The molecule has 3 rings (SSSR count). The molecule has 1 aromatic rings. The minimum Gasteiger partial charge on any atom is -0.321 e. The van der Waals surface area contributed by atoms with Crippen molar-refractivity contribution in [2.75, 3.05) is 19.0 Å². The molecule has 2 aliphatic rings. The molecule has 1 aromatic heterocycles. The summed E-state index contributed by atoms with van der Waals surface area (Å²) in [5.74, 6) is 7.38. The Morgan fingerprint density at radius 2 is 2.24 bits per heavy atom. The Labute approximate surface area is 125 Å². The SMILES string of the molecule is CN(CC1CC2CCC1C2)S(=O)(=O)c1ncccc1NN. The Kier molecular flexibility index (Phi) is 3.90. The highest BCUT2D eigenvalue weighted by atomic mass is 32.2. The van der Waals surface area contributed by atoms with Crippen LogP contribution < -0.4 is 11.3 Å². The molecule has 0 spiro atoms. The van der Waals surface area contributed by atoms with E-state index in [4.69, 9.17) is 5.84 Å². The van der Waals surface area contributed by atoms with E-state index in [0.717, 1.165) is 12.3 Å². The average molecular weight is 310 g/mol. The summed E-state index contributed by atoms with van der Waals surface area (Å²) >= 11 is 0. The number of rotatable bonds is 5. The Hall–Kier alpha value is -1.18. The molecule has 3 unspecified atom stereocenters. The third-order valence-corrected chi connectivity index (χ3v) is 6.74. The first-order valence-electron chi connectivity index (χ1n) is 7.40. The van der Waals surface area contributed by atoms with Crippen molar-refractivity contribution >= 4 is 15.7 Å². The molecule has 116 valence electrons. The Morgan fingerprint density at radius 1 is 1.43 bits per heavy atom. The molecule has 3 N–H and O–H groups in total. The molecule has 2 fully saturated rings. The number of anilines is 1. The van der Waals surface area contributed by atoms with Gasteiger partial charge < -0.3 is 5.43 Å². The number of hydrogen-bond donors (Lipinski definition) is 2. The van der Waals surface area contributed by atoms with Crippen LogP contribution in [0, 0.1) is 17.8 Å². The fourth-order valence-corrected chi connectivity index (χ4v) is 5.16. The monoisotopic (exact) mass is 310 g/mol. The van der Waals surface area contributed by atoms with Crippen LogP contribution in [0.5, 0.6) is 0 Å². The van der Waals surface area contributed by atoms with Gasteiger partial charge in [-0.25, -0.2) is 13.4 Å². The van der Waals surface area contributed by atoms with E-state index in [9.17, 15) is 8.42 Å². The predicted octanol–water partition coefficient (Wildman–Crippen LogP) is 1.42. The number of fused-ring (bicyclic) bond motifs is 2. The van der Waals surface area contributed by atoms with E-state index in [2.05, 4.69) is 10.4 Å². The summed E-state index contributed by atoms with van der Waals surface area (Å²) in [5.41, 5.74) is 2.74. The lowest BCUT2D eigenvalue weighted by Crippen LogP contribution is -2.34. The average Bonchev–Trinajstić information content (AvgIpc) is 3.09. The van der Waals surface area contributed by atoms with Crippen LogP contribution in [0.15, 0.2) is 23.4 Å². The number of nitrogens with zero attached hydrogens (tertiary/aromatic N) is 2. The van der Waals surface area contributed by atoms with Gasteiger partial charge in [0.05, 0.1) is 5.69 Å². The van der Waals surface area contributed by atoms with Gasteiger partial charge in [0.25, 0.3) is 10.0 Å². The van der Waals surface area contributed by atoms with Crippen molar-refractivity contribution < 1.29 is 8.42 Å². The number of hydrazine groups is 1. The first-order valence-corrected chi connectivity index (χ1v) is 8.84. The van der Waals surface area contributed by atoms with E-state index < -0.39 is 10.0 Å². The molecule has 1 heterocycles. The van der Waals surface area contributed by atoms with Crippen molar-refractivity contribution in [3.8, 4) is 0 Å². The zero-order valence-electron chi connectivity index (χ0n) is 12.2. The van der Waals surface area contributed by atoms with Crippen LogP contribution in [-0.4, -0.2) is 31.3 Å². The number of aromatic nitrogens is 1. The van der Waals surface area contributed by atoms with Crippen molar-refractivity contribution in [3.05, 3.63) is 18.3 Å². The van der Waals surface area contributed by atoms with Crippen molar-refractivity contribution in [1.82, 2.24) is 9.29 Å². The molecule has 0 aromatic carbocycles. The minimum atomic E-state index is -3.61. The van der Waals surface area contributed by atoms with E-state index in [1.54, 1.807) is 19.2 Å². The van der Waals surface area contributed by atoms with Crippen LogP contribution in [-0.2, 0) is 10.0 Å². The van der Waals surface area contributed by atoms with Crippen molar-refractivity contribution in [1.29, 1.82) is 0 Å². The molecule has 6 nitrogen and oxygen atoms in total. The maximum absolute atomic E-state index is 12.7. The van der Waals surface area contributed by atoms with Gasteiger partial charge in [0.1, 0.15) is 0 Å². The van der Waals surface area contributed by atoms with Gasteiger partial charge in [-0.3, -0.25) is 5.84 Å². The highest BCUT2D eigenvalue weighted by Gasteiger charge is 2.41. The number of pyridine rings is 1. The first-order chi connectivity index (χ1) is 10.0. The van der Waals surface area contributed by atoms with E-state index in [0.29, 0.717) is 24.1 Å². The molecule has 0 radical (unpaired) electrons. The van der Waals surface area contributed by atoms with Crippen LogP contribution in [0.3, 0.4) is 0 Å². The van der Waals surface area contributed by atoms with Gasteiger partial charge in [0.2, 0.25) is 0 Å². The highest BCUT2D eigenvalue weighted by Crippen LogP contribution is 2.48. The zero-order chi connectivity index (χ0) is 15.0. The fraction of sp³-hybridized carbons (Fsp3) is 0.643. The Morgan fingerprint density at radius 3 is 2.86 bits per heavy atom. The van der Waals surface area contributed by atoms with Crippen molar-refractivity contribution in [2.45, 2.75) is 30.7 Å². The Bertz CT molecular complexity index is 619. The largest absolute Gasteiger partial charge is 0.321 e. The second-order valence-corrected chi connectivity index (χ2v) is 8.18. The van der Waals surface area contributed by atoms with Gasteiger partial charge >= 0.3 is 0 Å². The van der Waals surface area contributed by atoms with Gasteiger partial charge in [-0.1, -0.05) is 6.42 Å². The summed E-state index contributed by atoms with van der Waals surface area (Å²) in [5, 5.41) is -0.00171. The predicted molar refractivity (Wildman–Crippen MR) is 80.8 cm³/mol. The fourth-order valence-electron chi connectivity index (χ4n) is 3.88. The summed E-state index contributed by atoms with van der Waals surface area (Å²) in [4.78, 5) is 3.99. The molecule has 2 bridgehead atoms. The quantitative estimate of drug-likeness (QED) is 0.634. The molecule has 2 aliphatic carbocycles. The summed E-state index contributed by atoms with van der Waals surface area (Å²) in [7, 11) is -1.97. The van der Waals surface area contributed by atoms with Crippen LogP contribution in [0.1, 0.15) is 25.7 Å². The van der Waals surface area contributed by atoms with Crippen LogP contribution in [0.4, 0.5) is 5.69 Å². The second-order valence-electron chi connectivity index (χ2n) is 6.22. The van der Waals surface area contributed by atoms with Crippen LogP contribution in [0.25, 0.3) is 0 Å². The minimum absolute atomic E-state index is 0.00171. The molecule has 0 aliphatic heterocycles. The lowest BCUT2D eigenvalue weighted by molar-refractivity contribution is 0.280. The number of nitrogens with one attached hydrogen (secondary N) is 1. The number of nitrogens with two attached hydrogens (primary N) is 1. The zero-order valence-corrected chi connectivity index (χ0v) is 13.0. The third kappa shape index (κ3) is 2.65. The normalized spacial score (nSPS) is 28.2. The first kappa shape index (κ1) is 14.7. The standard InChI is InChI=1S/C14H22N4O2S/c1-18(9-12-8-10-4-5-11(12)7-10)21(19,20)14-13(17-15)3-2-6-16-14/h2-3,6,10-12,17H,4-5,7-9,15H2,1H3. The van der Waals surface area contributed by atoms with Crippen LogP contribution in [0.2, 0.25) is 0 Å². The maximum Gasteiger partial charge on any atom is 0.262 e. The molecular formula is C14H22N4O2S. The topological polar surface area (TPSA) is 88.3 Å². The lowest BCUT2D eigenvalue weighted by atomic mass is 9.89. The van der Waals surface area contributed by atoms with Crippen molar-refractivity contribution in [3.63, 3.8) is 0 Å². The summed E-state index contributed by atoms with van der Waals surface area (Å²) in [6.07, 6.45) is 6.48. The molecular weight excluding hydrogens is 288 g/mol. The van der Waals surface area contributed by atoms with Gasteiger partial charge in [-0.05, 0) is 49.1 Å². The molecule has 0 saturated heterocycles. The van der Waals surface area contributed by atoms with E-state index >= 15 is 0 Å². The molecule has 7 heteroatoms. The molecule has 0 amide bonds. The maximum atomic E-state index is 12.7. The van der Waals surface area contributed by atoms with Gasteiger partial charge in [-0.15, -0.1) is 0 Å². The molecule has 21 heavy (non-hydrogen) atoms. The summed E-state index contributed by atoms with van der Waals surface area (Å²) < 4.78 is 26.8. The van der Waals surface area contributed by atoms with Gasteiger partial charge in [0, 0.05) is 19.8 Å². The van der Waals surface area contributed by atoms with Gasteiger partial charge in [0.15, 0.2) is 5.03 Å². The second kappa shape index (κ2) is 5.55. The summed E-state index contributed by atoms with van der Waals surface area (Å²) in [6.45, 7) is 0.573. The lowest BCUT2D eigenvalue weighted by Gasteiger charge is -2.26. The number of hydrogen-bond acceptors (Lipinski definition) is 5. The van der Waals surface area contributed by atoms with Crippen molar-refractivity contribution in [2.24, 2.45) is 23.6 Å². The van der Waals surface area contributed by atoms with Gasteiger partial charge in [-0.2, -0.15) is 4.31 Å². The molecule has 2 saturated carbocycles.